The van der Waals surface area contributed by atoms with Gasteiger partial charge in [-0.2, -0.15) is 5.26 Å². The third-order valence-electron chi connectivity index (χ3n) is 4.65. The number of nitrogen functional groups attached to an aromatic ring is 1. The van der Waals surface area contributed by atoms with Crippen molar-refractivity contribution in [1.29, 1.82) is 5.26 Å². The van der Waals surface area contributed by atoms with E-state index in [1.54, 1.807) is 0 Å². The highest BCUT2D eigenvalue weighted by atomic mass is 32.1. The maximum atomic E-state index is 9.07. The summed E-state index contributed by atoms with van der Waals surface area (Å²) >= 11 is 1.38. The summed E-state index contributed by atoms with van der Waals surface area (Å²) in [6, 6.07) is 4.26. The van der Waals surface area contributed by atoms with Crippen LogP contribution in [0.25, 0.3) is 10.2 Å². The number of hydrogen-bond acceptors (Lipinski definition) is 4. The minimum Gasteiger partial charge on any atom is -0.396 e. The zero-order valence-electron chi connectivity index (χ0n) is 14.4. The minimum atomic E-state index is 0.573. The summed E-state index contributed by atoms with van der Waals surface area (Å²) in [5.74, 6) is 1.58. The molecule has 1 atom stereocenters. The Morgan fingerprint density at radius 3 is 2.70 bits per heavy atom. The average molecular weight is 330 g/mol. The molecule has 23 heavy (non-hydrogen) atoms. The van der Waals surface area contributed by atoms with Gasteiger partial charge in [0.2, 0.25) is 0 Å². The van der Waals surface area contributed by atoms with Gasteiger partial charge in [-0.25, -0.2) is 4.98 Å². The van der Waals surface area contributed by atoms with Crippen molar-refractivity contribution in [2.24, 2.45) is 11.8 Å². The molecule has 0 saturated carbocycles. The Morgan fingerprint density at radius 1 is 1.30 bits per heavy atom. The molecule has 0 saturated heterocycles. The molecular weight excluding hydrogens is 302 g/mol. The Bertz CT molecular complexity index is 682. The number of aromatic nitrogens is 1. The first-order chi connectivity index (χ1) is 11.1. The molecule has 2 rings (SSSR count). The van der Waals surface area contributed by atoms with E-state index in [1.165, 1.54) is 49.0 Å². The number of nitrogens with zero attached hydrogens (tertiary/aromatic N) is 2. The van der Waals surface area contributed by atoms with Crippen molar-refractivity contribution in [2.45, 2.75) is 59.3 Å². The third kappa shape index (κ3) is 4.45. The maximum Gasteiger partial charge on any atom is 0.130 e. The lowest BCUT2D eigenvalue weighted by Gasteiger charge is -2.20. The number of hydrogen-bond donors (Lipinski definition) is 1. The zero-order chi connectivity index (χ0) is 16.8. The quantitative estimate of drug-likeness (QED) is 0.692. The van der Waals surface area contributed by atoms with Crippen molar-refractivity contribution in [3.63, 3.8) is 0 Å². The van der Waals surface area contributed by atoms with Crippen LogP contribution in [0, 0.1) is 23.2 Å². The van der Waals surface area contributed by atoms with E-state index in [0.29, 0.717) is 10.6 Å². The predicted molar refractivity (Wildman–Crippen MR) is 99.5 cm³/mol. The summed E-state index contributed by atoms with van der Waals surface area (Å²) in [6.45, 7) is 6.94. The van der Waals surface area contributed by atoms with Crippen LogP contribution in [-0.4, -0.2) is 4.98 Å². The van der Waals surface area contributed by atoms with E-state index in [9.17, 15) is 0 Å². The molecule has 2 aromatic rings. The molecule has 0 spiro atoms. The Hall–Kier alpha value is -1.60. The number of nitriles is 1. The second-order valence-electron chi connectivity index (χ2n) is 6.69. The molecule has 2 aromatic heterocycles. The van der Waals surface area contributed by atoms with E-state index < -0.39 is 0 Å². The molecule has 4 heteroatoms. The summed E-state index contributed by atoms with van der Waals surface area (Å²) in [4.78, 5) is 5.92. The number of fused-ring (bicyclic) bond motifs is 1. The second kappa shape index (κ2) is 8.31. The van der Waals surface area contributed by atoms with Crippen molar-refractivity contribution >= 4 is 27.2 Å². The molecule has 0 aromatic carbocycles. The topological polar surface area (TPSA) is 62.7 Å². The smallest absolute Gasteiger partial charge is 0.130 e. The fraction of sp³-hybridized carbons (Fsp3) is 0.579. The van der Waals surface area contributed by atoms with Gasteiger partial charge in [0, 0.05) is 11.6 Å². The largest absolute Gasteiger partial charge is 0.396 e. The van der Waals surface area contributed by atoms with Crippen LogP contribution in [0.4, 0.5) is 5.69 Å². The van der Waals surface area contributed by atoms with Crippen LogP contribution in [0.2, 0.25) is 0 Å². The van der Waals surface area contributed by atoms with Gasteiger partial charge in [-0.3, -0.25) is 0 Å². The minimum absolute atomic E-state index is 0.573. The Morgan fingerprint density at radius 2 is 2.04 bits per heavy atom. The van der Waals surface area contributed by atoms with Crippen LogP contribution in [0.3, 0.4) is 0 Å². The van der Waals surface area contributed by atoms with Crippen LogP contribution >= 0.6 is 11.3 Å². The summed E-state index contributed by atoms with van der Waals surface area (Å²) < 4.78 is 0. The predicted octanol–water partition coefficient (Wildman–Crippen LogP) is 5.54. The van der Waals surface area contributed by atoms with Gasteiger partial charge in [-0.1, -0.05) is 40.0 Å². The van der Waals surface area contributed by atoms with Gasteiger partial charge >= 0.3 is 0 Å². The molecule has 3 nitrogen and oxygen atoms in total. The third-order valence-corrected chi connectivity index (χ3v) is 5.69. The monoisotopic (exact) mass is 329 g/mol. The number of unbranched alkanes of at least 4 members (excludes halogenated alkanes) is 1. The lowest BCUT2D eigenvalue weighted by atomic mass is 9.86. The van der Waals surface area contributed by atoms with E-state index in [-0.39, 0.29) is 0 Å². The highest BCUT2D eigenvalue weighted by Crippen LogP contribution is 2.32. The van der Waals surface area contributed by atoms with Crippen LogP contribution in [0.15, 0.2) is 12.3 Å². The molecule has 0 amide bonds. The average Bonchev–Trinajstić information content (AvgIpc) is 2.86. The molecule has 124 valence electrons. The summed E-state index contributed by atoms with van der Waals surface area (Å²) in [7, 11) is 0. The lowest BCUT2D eigenvalue weighted by Crippen LogP contribution is -2.09. The van der Waals surface area contributed by atoms with Gasteiger partial charge in [0.25, 0.3) is 0 Å². The first kappa shape index (κ1) is 17.7. The SMILES string of the molecule is CCCCC(CCCc1cnc2sc(C#N)c(N)c2c1)C(C)C. The number of pyridine rings is 1. The number of anilines is 1. The van der Waals surface area contributed by atoms with Crippen molar-refractivity contribution in [2.75, 3.05) is 5.73 Å². The molecule has 0 radical (unpaired) electrons. The van der Waals surface area contributed by atoms with Gasteiger partial charge in [0.15, 0.2) is 0 Å². The van der Waals surface area contributed by atoms with E-state index >= 15 is 0 Å². The summed E-state index contributed by atoms with van der Waals surface area (Å²) in [5, 5.41) is 10.0. The van der Waals surface area contributed by atoms with Crippen LogP contribution in [-0.2, 0) is 6.42 Å². The fourth-order valence-electron chi connectivity index (χ4n) is 3.11. The van der Waals surface area contributed by atoms with Crippen molar-refractivity contribution in [3.8, 4) is 6.07 Å². The Kier molecular flexibility index (Phi) is 6.41. The van der Waals surface area contributed by atoms with E-state index in [0.717, 1.165) is 28.5 Å². The van der Waals surface area contributed by atoms with E-state index in [1.807, 2.05) is 6.20 Å². The van der Waals surface area contributed by atoms with Crippen molar-refractivity contribution < 1.29 is 0 Å². The number of thiophene rings is 1. The summed E-state index contributed by atoms with van der Waals surface area (Å²) in [5.41, 5.74) is 7.85. The molecule has 0 bridgehead atoms. The van der Waals surface area contributed by atoms with Gasteiger partial charge in [-0.05, 0) is 42.7 Å². The zero-order valence-corrected chi connectivity index (χ0v) is 15.2. The Balaban J connectivity index is 1.99. The normalized spacial score (nSPS) is 12.7. The van der Waals surface area contributed by atoms with Crippen LogP contribution in [0.1, 0.15) is 63.3 Å². The maximum absolute atomic E-state index is 9.07. The van der Waals surface area contributed by atoms with Crippen molar-refractivity contribution in [1.82, 2.24) is 4.98 Å². The van der Waals surface area contributed by atoms with Gasteiger partial charge in [0.1, 0.15) is 15.8 Å². The molecule has 0 aliphatic rings. The highest BCUT2D eigenvalue weighted by molar-refractivity contribution is 7.19. The number of rotatable bonds is 8. The lowest BCUT2D eigenvalue weighted by molar-refractivity contribution is 0.321. The highest BCUT2D eigenvalue weighted by Gasteiger charge is 2.13. The number of aryl methyl sites for hydroxylation is 1. The van der Waals surface area contributed by atoms with E-state index in [4.69, 9.17) is 11.0 Å². The molecule has 2 heterocycles. The van der Waals surface area contributed by atoms with Gasteiger partial charge in [0.05, 0.1) is 5.69 Å². The van der Waals surface area contributed by atoms with Gasteiger partial charge in [-0.15, -0.1) is 11.3 Å². The molecule has 0 aliphatic heterocycles. The standard InChI is InChI=1S/C19H27N3S/c1-4-5-8-15(13(2)3)9-6-7-14-10-16-18(21)17(11-20)23-19(16)22-12-14/h10,12-13,15H,4-9,21H2,1-3H3. The molecule has 1 unspecified atom stereocenters. The second-order valence-corrected chi connectivity index (χ2v) is 7.69. The van der Waals surface area contributed by atoms with Crippen molar-refractivity contribution in [3.05, 3.63) is 22.7 Å². The molecule has 0 aliphatic carbocycles. The molecule has 0 fully saturated rings. The van der Waals surface area contributed by atoms with Crippen LogP contribution in [0.5, 0.6) is 0 Å². The first-order valence-electron chi connectivity index (χ1n) is 8.63. The van der Waals surface area contributed by atoms with E-state index in [2.05, 4.69) is 37.9 Å². The van der Waals surface area contributed by atoms with Crippen LogP contribution < -0.4 is 5.73 Å². The molecular formula is C19H27N3S. The number of nitrogens with two attached hydrogens (primary N) is 1. The molecule has 2 N–H and O–H groups in total. The Labute approximate surface area is 143 Å². The summed E-state index contributed by atoms with van der Waals surface area (Å²) in [6.07, 6.45) is 9.40. The fourth-order valence-corrected chi connectivity index (χ4v) is 3.95. The first-order valence-corrected chi connectivity index (χ1v) is 9.45. The van der Waals surface area contributed by atoms with Gasteiger partial charge < -0.3 is 5.73 Å².